The van der Waals surface area contributed by atoms with E-state index in [-0.39, 0.29) is 5.92 Å². The van der Waals surface area contributed by atoms with Crippen molar-refractivity contribution in [3.63, 3.8) is 0 Å². The van der Waals surface area contributed by atoms with E-state index in [4.69, 9.17) is 9.84 Å². The van der Waals surface area contributed by atoms with Crippen LogP contribution in [0.2, 0.25) is 0 Å². The molecule has 0 bridgehead atoms. The fraction of sp³-hybridized carbons (Fsp3) is 0.500. The standard InChI is InChI=1S/C14H20O3/c1-8(2)13(14(15)16)17-12-7-9(3)6-10(4)11(12)5/h6-8,13H,1-5H3,(H,15,16). The van der Waals surface area contributed by atoms with Gasteiger partial charge < -0.3 is 9.84 Å². The molecule has 0 spiro atoms. The maximum absolute atomic E-state index is 11.1. The maximum Gasteiger partial charge on any atom is 0.345 e. The lowest BCUT2D eigenvalue weighted by molar-refractivity contribution is -0.147. The van der Waals surface area contributed by atoms with Gasteiger partial charge in [0.05, 0.1) is 0 Å². The second kappa shape index (κ2) is 5.21. The molecular weight excluding hydrogens is 216 g/mol. The van der Waals surface area contributed by atoms with Crippen molar-refractivity contribution in [1.29, 1.82) is 0 Å². The quantitative estimate of drug-likeness (QED) is 0.873. The zero-order chi connectivity index (χ0) is 13.2. The number of carboxylic acids is 1. The summed E-state index contributed by atoms with van der Waals surface area (Å²) in [6, 6.07) is 3.95. The minimum Gasteiger partial charge on any atom is -0.478 e. The molecule has 3 nitrogen and oxygen atoms in total. The van der Waals surface area contributed by atoms with Gasteiger partial charge >= 0.3 is 5.97 Å². The van der Waals surface area contributed by atoms with Crippen molar-refractivity contribution >= 4 is 5.97 Å². The van der Waals surface area contributed by atoms with Gasteiger partial charge in [-0.25, -0.2) is 4.79 Å². The molecule has 17 heavy (non-hydrogen) atoms. The normalized spacial score (nSPS) is 12.6. The summed E-state index contributed by atoms with van der Waals surface area (Å²) in [6.07, 6.45) is -0.796. The largest absolute Gasteiger partial charge is 0.478 e. The molecule has 1 N–H and O–H groups in total. The van der Waals surface area contributed by atoms with Gasteiger partial charge in [0.25, 0.3) is 0 Å². The number of hydrogen-bond donors (Lipinski definition) is 1. The fourth-order valence-corrected chi connectivity index (χ4v) is 1.73. The summed E-state index contributed by atoms with van der Waals surface area (Å²) in [7, 11) is 0. The van der Waals surface area contributed by atoms with Gasteiger partial charge in [0.2, 0.25) is 0 Å². The number of aliphatic carboxylic acids is 1. The molecule has 0 aliphatic rings. The molecule has 1 atom stereocenters. The van der Waals surface area contributed by atoms with Crippen LogP contribution in [0, 0.1) is 26.7 Å². The van der Waals surface area contributed by atoms with E-state index in [2.05, 4.69) is 6.07 Å². The molecule has 0 heterocycles. The van der Waals surface area contributed by atoms with E-state index >= 15 is 0 Å². The summed E-state index contributed by atoms with van der Waals surface area (Å²) in [5.41, 5.74) is 3.20. The third-order valence-electron chi connectivity index (χ3n) is 2.87. The first kappa shape index (κ1) is 13.6. The predicted molar refractivity (Wildman–Crippen MR) is 67.5 cm³/mol. The molecule has 0 aliphatic heterocycles. The highest BCUT2D eigenvalue weighted by Crippen LogP contribution is 2.25. The van der Waals surface area contributed by atoms with E-state index < -0.39 is 12.1 Å². The van der Waals surface area contributed by atoms with Crippen molar-refractivity contribution in [3.05, 3.63) is 28.8 Å². The zero-order valence-electron chi connectivity index (χ0n) is 11.1. The highest BCUT2D eigenvalue weighted by Gasteiger charge is 2.24. The Bertz CT molecular complexity index is 422. The van der Waals surface area contributed by atoms with Crippen LogP contribution in [0.1, 0.15) is 30.5 Å². The van der Waals surface area contributed by atoms with Crippen molar-refractivity contribution in [3.8, 4) is 5.75 Å². The van der Waals surface area contributed by atoms with Crippen molar-refractivity contribution in [1.82, 2.24) is 0 Å². The van der Waals surface area contributed by atoms with Crippen LogP contribution in [0.4, 0.5) is 0 Å². The molecule has 94 valence electrons. The first-order chi connectivity index (χ1) is 7.82. The predicted octanol–water partition coefficient (Wildman–Crippen LogP) is 3.10. The Morgan fingerprint density at radius 1 is 1.24 bits per heavy atom. The molecule has 1 aromatic carbocycles. The minimum atomic E-state index is -0.918. The molecule has 0 amide bonds. The molecule has 0 fully saturated rings. The lowest BCUT2D eigenvalue weighted by Crippen LogP contribution is -2.32. The zero-order valence-corrected chi connectivity index (χ0v) is 11.1. The van der Waals surface area contributed by atoms with E-state index in [0.29, 0.717) is 5.75 Å². The number of aryl methyl sites for hydroxylation is 2. The van der Waals surface area contributed by atoms with Crippen LogP contribution in [0.3, 0.4) is 0 Å². The van der Waals surface area contributed by atoms with Crippen LogP contribution in [-0.2, 0) is 4.79 Å². The van der Waals surface area contributed by atoms with Gasteiger partial charge in [-0.2, -0.15) is 0 Å². The molecule has 0 aliphatic carbocycles. The first-order valence-electron chi connectivity index (χ1n) is 5.80. The third kappa shape index (κ3) is 3.22. The Hall–Kier alpha value is -1.51. The maximum atomic E-state index is 11.1. The topological polar surface area (TPSA) is 46.5 Å². The first-order valence-corrected chi connectivity index (χ1v) is 5.80. The Morgan fingerprint density at radius 3 is 2.29 bits per heavy atom. The van der Waals surface area contributed by atoms with Crippen LogP contribution < -0.4 is 4.74 Å². The number of hydrogen-bond acceptors (Lipinski definition) is 2. The summed E-state index contributed by atoms with van der Waals surface area (Å²) < 4.78 is 5.63. The van der Waals surface area contributed by atoms with Gasteiger partial charge in [0, 0.05) is 5.92 Å². The lowest BCUT2D eigenvalue weighted by atomic mass is 10.0. The van der Waals surface area contributed by atoms with Crippen LogP contribution >= 0.6 is 0 Å². The van der Waals surface area contributed by atoms with E-state index in [1.165, 1.54) is 0 Å². The third-order valence-corrected chi connectivity index (χ3v) is 2.87. The Morgan fingerprint density at radius 2 is 1.82 bits per heavy atom. The van der Waals surface area contributed by atoms with Gasteiger partial charge in [-0.05, 0) is 43.5 Å². The summed E-state index contributed by atoms with van der Waals surface area (Å²) in [6.45, 7) is 9.61. The second-order valence-electron chi connectivity index (χ2n) is 4.83. The molecule has 1 aromatic rings. The van der Waals surface area contributed by atoms with E-state index in [9.17, 15) is 4.79 Å². The molecule has 3 heteroatoms. The average molecular weight is 236 g/mol. The monoisotopic (exact) mass is 236 g/mol. The van der Waals surface area contributed by atoms with Gasteiger partial charge in [-0.15, -0.1) is 0 Å². The average Bonchev–Trinajstić information content (AvgIpc) is 2.19. The van der Waals surface area contributed by atoms with Crippen LogP contribution in [0.5, 0.6) is 5.75 Å². The number of benzene rings is 1. The van der Waals surface area contributed by atoms with Gasteiger partial charge in [-0.3, -0.25) is 0 Å². The molecule has 0 aromatic heterocycles. The molecule has 0 radical (unpaired) electrons. The number of carboxylic acid groups (broad SMARTS) is 1. The Labute approximate surface area is 102 Å². The SMILES string of the molecule is Cc1cc(C)c(C)c(OC(C(=O)O)C(C)C)c1. The van der Waals surface area contributed by atoms with Crippen molar-refractivity contribution in [2.24, 2.45) is 5.92 Å². The second-order valence-corrected chi connectivity index (χ2v) is 4.83. The molecular formula is C14H20O3. The number of ether oxygens (including phenoxy) is 1. The molecule has 0 saturated heterocycles. The van der Waals surface area contributed by atoms with E-state index in [1.54, 1.807) is 0 Å². The van der Waals surface area contributed by atoms with Gasteiger partial charge in [0.1, 0.15) is 5.75 Å². The van der Waals surface area contributed by atoms with E-state index in [1.807, 2.05) is 40.7 Å². The van der Waals surface area contributed by atoms with Crippen molar-refractivity contribution in [2.75, 3.05) is 0 Å². The molecule has 0 saturated carbocycles. The van der Waals surface area contributed by atoms with Crippen LogP contribution in [-0.4, -0.2) is 17.2 Å². The fourth-order valence-electron chi connectivity index (χ4n) is 1.73. The lowest BCUT2D eigenvalue weighted by Gasteiger charge is -2.20. The van der Waals surface area contributed by atoms with Crippen molar-refractivity contribution < 1.29 is 14.6 Å². The highest BCUT2D eigenvalue weighted by atomic mass is 16.5. The summed E-state index contributed by atoms with van der Waals surface area (Å²) in [5.74, 6) is -0.310. The van der Waals surface area contributed by atoms with Crippen molar-refractivity contribution in [2.45, 2.75) is 40.7 Å². The smallest absolute Gasteiger partial charge is 0.345 e. The van der Waals surface area contributed by atoms with Crippen LogP contribution in [0.15, 0.2) is 12.1 Å². The summed E-state index contributed by atoms with van der Waals surface area (Å²) in [5, 5.41) is 9.11. The van der Waals surface area contributed by atoms with Gasteiger partial charge in [-0.1, -0.05) is 19.9 Å². The van der Waals surface area contributed by atoms with Gasteiger partial charge in [0.15, 0.2) is 6.10 Å². The minimum absolute atomic E-state index is 0.0623. The molecule has 1 unspecified atom stereocenters. The summed E-state index contributed by atoms with van der Waals surface area (Å²) >= 11 is 0. The molecule has 1 rings (SSSR count). The van der Waals surface area contributed by atoms with E-state index in [0.717, 1.165) is 16.7 Å². The Balaban J connectivity index is 3.05. The Kier molecular flexibility index (Phi) is 4.16. The highest BCUT2D eigenvalue weighted by molar-refractivity contribution is 5.73. The van der Waals surface area contributed by atoms with Crippen LogP contribution in [0.25, 0.3) is 0 Å². The number of rotatable bonds is 4. The summed E-state index contributed by atoms with van der Waals surface area (Å²) in [4.78, 5) is 11.1. The number of carbonyl (C=O) groups is 1.